The van der Waals surface area contributed by atoms with E-state index in [0.717, 1.165) is 24.1 Å². The van der Waals surface area contributed by atoms with Gasteiger partial charge in [-0.3, -0.25) is 0 Å². The summed E-state index contributed by atoms with van der Waals surface area (Å²) in [7, 11) is 0. The number of hydrogen-bond donors (Lipinski definition) is 2. The van der Waals surface area contributed by atoms with Crippen molar-refractivity contribution in [2.45, 2.75) is 39.0 Å². The molecule has 1 heterocycles. The molecule has 1 aromatic heterocycles. The van der Waals surface area contributed by atoms with Gasteiger partial charge in [0.15, 0.2) is 0 Å². The fourth-order valence-corrected chi connectivity index (χ4v) is 1.85. The molecule has 16 heavy (non-hydrogen) atoms. The van der Waals surface area contributed by atoms with Gasteiger partial charge in [0.1, 0.15) is 0 Å². The third-order valence-electron chi connectivity index (χ3n) is 2.96. The van der Waals surface area contributed by atoms with Crippen molar-refractivity contribution in [3.63, 3.8) is 0 Å². The van der Waals surface area contributed by atoms with Gasteiger partial charge in [0.2, 0.25) is 0 Å². The zero-order chi connectivity index (χ0) is 12.0. The highest BCUT2D eigenvalue weighted by Gasteiger charge is 2.19. The molecule has 2 unspecified atom stereocenters. The Kier molecular flexibility index (Phi) is 4.96. The van der Waals surface area contributed by atoms with Crippen LogP contribution in [0.3, 0.4) is 0 Å². The van der Waals surface area contributed by atoms with Crippen molar-refractivity contribution in [1.29, 1.82) is 10.8 Å². The van der Waals surface area contributed by atoms with Crippen LogP contribution in [-0.2, 0) is 0 Å². The standard InChI is InChI=1S/C13H20N2O/c1-3-4-13(15)7-12(8-14)10(2)11-5-6-16-9-11/h5-6,8-10,12,14-15H,3-4,7H2,1-2H3. The molecule has 0 aromatic carbocycles. The van der Waals surface area contributed by atoms with Gasteiger partial charge in [0.25, 0.3) is 0 Å². The average molecular weight is 220 g/mol. The van der Waals surface area contributed by atoms with Crippen LogP contribution in [-0.4, -0.2) is 11.9 Å². The Labute approximate surface area is 96.9 Å². The monoisotopic (exact) mass is 220 g/mol. The Morgan fingerprint density at radius 3 is 2.81 bits per heavy atom. The number of rotatable bonds is 7. The topological polar surface area (TPSA) is 60.8 Å². The summed E-state index contributed by atoms with van der Waals surface area (Å²) in [5.41, 5.74) is 1.85. The summed E-state index contributed by atoms with van der Waals surface area (Å²) in [6, 6.07) is 1.94. The average Bonchev–Trinajstić information content (AvgIpc) is 2.78. The minimum atomic E-state index is 0.108. The van der Waals surface area contributed by atoms with Gasteiger partial charge in [-0.25, -0.2) is 0 Å². The van der Waals surface area contributed by atoms with E-state index in [1.165, 1.54) is 6.21 Å². The highest BCUT2D eigenvalue weighted by atomic mass is 16.3. The van der Waals surface area contributed by atoms with Crippen molar-refractivity contribution in [1.82, 2.24) is 0 Å². The third-order valence-corrected chi connectivity index (χ3v) is 2.96. The summed E-state index contributed by atoms with van der Waals surface area (Å²) < 4.78 is 5.05. The van der Waals surface area contributed by atoms with Crippen LogP contribution in [0, 0.1) is 16.7 Å². The van der Waals surface area contributed by atoms with Crippen LogP contribution in [0.4, 0.5) is 0 Å². The Balaban J connectivity index is 2.60. The normalized spacial score (nSPS) is 14.4. The van der Waals surface area contributed by atoms with Gasteiger partial charge in [-0.1, -0.05) is 20.3 Å². The van der Waals surface area contributed by atoms with Crippen molar-refractivity contribution < 1.29 is 4.42 Å². The predicted molar refractivity (Wildman–Crippen MR) is 66.6 cm³/mol. The Hall–Kier alpha value is -1.38. The maximum Gasteiger partial charge on any atom is 0.0937 e. The van der Waals surface area contributed by atoms with Gasteiger partial charge in [-0.05, 0) is 36.6 Å². The van der Waals surface area contributed by atoms with Gasteiger partial charge in [-0.15, -0.1) is 0 Å². The fourth-order valence-electron chi connectivity index (χ4n) is 1.85. The molecule has 88 valence electrons. The van der Waals surface area contributed by atoms with Crippen molar-refractivity contribution in [2.75, 3.05) is 0 Å². The zero-order valence-electron chi connectivity index (χ0n) is 9.99. The molecule has 0 aliphatic rings. The van der Waals surface area contributed by atoms with E-state index in [4.69, 9.17) is 15.2 Å². The first-order chi connectivity index (χ1) is 7.69. The summed E-state index contributed by atoms with van der Waals surface area (Å²) >= 11 is 0. The Bertz CT molecular complexity index is 330. The van der Waals surface area contributed by atoms with Gasteiger partial charge in [0, 0.05) is 11.6 Å². The van der Waals surface area contributed by atoms with Gasteiger partial charge >= 0.3 is 0 Å². The minimum absolute atomic E-state index is 0.108. The summed E-state index contributed by atoms with van der Waals surface area (Å²) in [4.78, 5) is 0. The molecule has 2 N–H and O–H groups in total. The SMILES string of the molecule is CCCC(=N)CC(C=N)C(C)c1ccoc1. The maximum absolute atomic E-state index is 7.81. The first kappa shape index (κ1) is 12.7. The molecule has 3 nitrogen and oxygen atoms in total. The first-order valence-corrected chi connectivity index (χ1v) is 5.78. The van der Waals surface area contributed by atoms with Crippen LogP contribution in [0.15, 0.2) is 23.0 Å². The maximum atomic E-state index is 7.81. The summed E-state index contributed by atoms with van der Waals surface area (Å²) in [5.74, 6) is 0.352. The molecule has 0 aliphatic carbocycles. The molecule has 1 rings (SSSR count). The number of hydrogen-bond acceptors (Lipinski definition) is 3. The quantitative estimate of drug-likeness (QED) is 0.673. The van der Waals surface area contributed by atoms with E-state index in [1.807, 2.05) is 6.07 Å². The lowest BCUT2D eigenvalue weighted by atomic mass is 9.85. The summed E-state index contributed by atoms with van der Waals surface area (Å²) in [5, 5.41) is 15.3. The van der Waals surface area contributed by atoms with Crippen molar-refractivity contribution in [2.24, 2.45) is 5.92 Å². The molecule has 0 radical (unpaired) electrons. The summed E-state index contributed by atoms with van der Waals surface area (Å²) in [6.45, 7) is 4.16. The molecule has 0 aliphatic heterocycles. The van der Waals surface area contributed by atoms with Crippen LogP contribution in [0.2, 0.25) is 0 Å². The van der Waals surface area contributed by atoms with Gasteiger partial charge < -0.3 is 15.2 Å². The van der Waals surface area contributed by atoms with Crippen molar-refractivity contribution >= 4 is 11.9 Å². The summed E-state index contributed by atoms with van der Waals surface area (Å²) in [6.07, 6.45) is 7.37. The Morgan fingerprint density at radius 2 is 2.31 bits per heavy atom. The third kappa shape index (κ3) is 3.33. The van der Waals surface area contributed by atoms with Crippen LogP contribution in [0.5, 0.6) is 0 Å². The second-order valence-corrected chi connectivity index (χ2v) is 4.23. The highest BCUT2D eigenvalue weighted by molar-refractivity contribution is 5.84. The lowest BCUT2D eigenvalue weighted by molar-refractivity contribution is 0.545. The molecule has 0 saturated heterocycles. The minimum Gasteiger partial charge on any atom is -0.472 e. The fraction of sp³-hybridized carbons (Fsp3) is 0.538. The molecule has 0 bridgehead atoms. The molecule has 0 spiro atoms. The zero-order valence-corrected chi connectivity index (χ0v) is 9.99. The van der Waals surface area contributed by atoms with E-state index in [-0.39, 0.29) is 11.8 Å². The van der Waals surface area contributed by atoms with Crippen LogP contribution < -0.4 is 0 Å². The number of furan rings is 1. The van der Waals surface area contributed by atoms with Crippen LogP contribution >= 0.6 is 0 Å². The van der Waals surface area contributed by atoms with Crippen LogP contribution in [0.1, 0.15) is 44.6 Å². The lowest BCUT2D eigenvalue weighted by Crippen LogP contribution is -2.15. The molecule has 3 heteroatoms. The largest absolute Gasteiger partial charge is 0.472 e. The molecule has 2 atom stereocenters. The molecule has 0 saturated carbocycles. The van der Waals surface area contributed by atoms with Crippen LogP contribution in [0.25, 0.3) is 0 Å². The van der Waals surface area contributed by atoms with E-state index in [2.05, 4.69) is 13.8 Å². The molecule has 1 aromatic rings. The lowest BCUT2D eigenvalue weighted by Gasteiger charge is -2.18. The van der Waals surface area contributed by atoms with Crippen molar-refractivity contribution in [3.05, 3.63) is 24.2 Å². The Morgan fingerprint density at radius 1 is 1.56 bits per heavy atom. The molecular formula is C13H20N2O. The smallest absolute Gasteiger partial charge is 0.0937 e. The van der Waals surface area contributed by atoms with Crippen molar-refractivity contribution in [3.8, 4) is 0 Å². The molecular weight excluding hydrogens is 200 g/mol. The van der Waals surface area contributed by atoms with E-state index in [0.29, 0.717) is 6.42 Å². The predicted octanol–water partition coefficient (Wildman–Crippen LogP) is 3.86. The molecule has 0 fully saturated rings. The second kappa shape index (κ2) is 6.26. The van der Waals surface area contributed by atoms with Gasteiger partial charge in [-0.2, -0.15) is 0 Å². The van der Waals surface area contributed by atoms with E-state index >= 15 is 0 Å². The van der Waals surface area contributed by atoms with E-state index < -0.39 is 0 Å². The molecule has 0 amide bonds. The van der Waals surface area contributed by atoms with Gasteiger partial charge in [0.05, 0.1) is 12.5 Å². The number of nitrogens with one attached hydrogen (secondary N) is 2. The first-order valence-electron chi connectivity index (χ1n) is 5.78. The van der Waals surface area contributed by atoms with E-state index in [1.54, 1.807) is 12.5 Å². The highest BCUT2D eigenvalue weighted by Crippen LogP contribution is 2.26. The second-order valence-electron chi connectivity index (χ2n) is 4.23. The van der Waals surface area contributed by atoms with E-state index in [9.17, 15) is 0 Å².